The van der Waals surface area contributed by atoms with Crippen LogP contribution in [0.25, 0.3) is 0 Å². The Morgan fingerprint density at radius 3 is 2.00 bits per heavy atom. The van der Waals surface area contributed by atoms with Crippen LogP contribution in [0.4, 0.5) is 0 Å². The number of nitrogens with zero attached hydrogens (tertiary/aromatic N) is 1. The van der Waals surface area contributed by atoms with Crippen LogP contribution < -0.4 is 0 Å². The third kappa shape index (κ3) is 10.2. The third-order valence-corrected chi connectivity index (χ3v) is 1.70. The minimum absolute atomic E-state index is 0.110. The fourth-order valence-corrected chi connectivity index (χ4v) is 1.33. The number of hydrogen-bond acceptors (Lipinski definition) is 3. The van der Waals surface area contributed by atoms with Gasteiger partial charge in [-0.3, -0.25) is 0 Å². The molecule has 0 amide bonds. The summed E-state index contributed by atoms with van der Waals surface area (Å²) >= 11 is 0. The van der Waals surface area contributed by atoms with E-state index in [4.69, 9.17) is 9.47 Å². The van der Waals surface area contributed by atoms with E-state index in [0.29, 0.717) is 6.61 Å². The molecule has 0 N–H and O–H groups in total. The minimum atomic E-state index is -0.110. The standard InChI is InChI=1S/C12H27NO2/c1-10(2)14-9-11(8-13(6)7)15-12(3,4)5/h10-11H,8-9H2,1-7H3. The van der Waals surface area contributed by atoms with E-state index in [1.165, 1.54) is 0 Å². The van der Waals surface area contributed by atoms with E-state index in [0.717, 1.165) is 6.54 Å². The van der Waals surface area contributed by atoms with Gasteiger partial charge in [-0.1, -0.05) is 0 Å². The Morgan fingerprint density at radius 2 is 1.67 bits per heavy atom. The Labute approximate surface area is 94.7 Å². The van der Waals surface area contributed by atoms with Crippen LogP contribution in [0, 0.1) is 0 Å². The SMILES string of the molecule is CC(C)OCC(CN(C)C)OC(C)(C)C. The van der Waals surface area contributed by atoms with Gasteiger partial charge in [0, 0.05) is 6.54 Å². The van der Waals surface area contributed by atoms with Gasteiger partial charge >= 0.3 is 0 Å². The molecule has 0 heterocycles. The zero-order chi connectivity index (χ0) is 12.1. The van der Waals surface area contributed by atoms with E-state index in [1.54, 1.807) is 0 Å². The van der Waals surface area contributed by atoms with Crippen LogP contribution in [0.2, 0.25) is 0 Å². The van der Waals surface area contributed by atoms with Crippen molar-refractivity contribution >= 4 is 0 Å². The number of ether oxygens (including phenoxy) is 2. The zero-order valence-electron chi connectivity index (χ0n) is 11.3. The highest BCUT2D eigenvalue weighted by atomic mass is 16.5. The lowest BCUT2D eigenvalue weighted by molar-refractivity contribution is -0.107. The van der Waals surface area contributed by atoms with E-state index < -0.39 is 0 Å². The van der Waals surface area contributed by atoms with Crippen LogP contribution in [0.5, 0.6) is 0 Å². The Bertz CT molecular complexity index is 161. The van der Waals surface area contributed by atoms with Crippen molar-refractivity contribution in [3.05, 3.63) is 0 Å². The summed E-state index contributed by atoms with van der Waals surface area (Å²) in [6, 6.07) is 0. The molecule has 0 bridgehead atoms. The minimum Gasteiger partial charge on any atom is -0.376 e. The molecule has 0 aromatic carbocycles. The lowest BCUT2D eigenvalue weighted by Crippen LogP contribution is -2.38. The summed E-state index contributed by atoms with van der Waals surface area (Å²) in [5.41, 5.74) is -0.110. The summed E-state index contributed by atoms with van der Waals surface area (Å²) in [4.78, 5) is 2.13. The first-order chi connectivity index (χ1) is 6.70. The van der Waals surface area contributed by atoms with Crippen molar-refractivity contribution in [2.24, 2.45) is 0 Å². The Kier molecular flexibility index (Phi) is 6.41. The second-order valence-electron chi connectivity index (χ2n) is 5.50. The first-order valence-electron chi connectivity index (χ1n) is 5.65. The topological polar surface area (TPSA) is 21.7 Å². The monoisotopic (exact) mass is 217 g/mol. The third-order valence-electron chi connectivity index (χ3n) is 1.70. The molecule has 3 heteroatoms. The average Bonchev–Trinajstić information content (AvgIpc) is 1.95. The molecule has 15 heavy (non-hydrogen) atoms. The van der Waals surface area contributed by atoms with Crippen LogP contribution in [-0.4, -0.2) is 50.0 Å². The number of hydrogen-bond donors (Lipinski definition) is 0. The fourth-order valence-electron chi connectivity index (χ4n) is 1.33. The fraction of sp³-hybridized carbons (Fsp3) is 1.00. The van der Waals surface area contributed by atoms with Crippen LogP contribution >= 0.6 is 0 Å². The second kappa shape index (κ2) is 6.46. The maximum Gasteiger partial charge on any atom is 0.0941 e. The highest BCUT2D eigenvalue weighted by molar-refractivity contribution is 4.68. The summed E-state index contributed by atoms with van der Waals surface area (Å²) in [5.74, 6) is 0. The quantitative estimate of drug-likeness (QED) is 0.680. The summed E-state index contributed by atoms with van der Waals surface area (Å²) in [7, 11) is 4.10. The van der Waals surface area contributed by atoms with Crippen LogP contribution in [0.1, 0.15) is 34.6 Å². The molecule has 1 unspecified atom stereocenters. The summed E-state index contributed by atoms with van der Waals surface area (Å²) in [6.45, 7) is 11.9. The molecular formula is C12H27NO2. The van der Waals surface area contributed by atoms with Gasteiger partial charge in [-0.2, -0.15) is 0 Å². The van der Waals surface area contributed by atoms with Crippen molar-refractivity contribution in [3.63, 3.8) is 0 Å². The zero-order valence-corrected chi connectivity index (χ0v) is 11.3. The predicted molar refractivity (Wildman–Crippen MR) is 64.3 cm³/mol. The maximum absolute atomic E-state index is 5.93. The van der Waals surface area contributed by atoms with Crippen LogP contribution in [-0.2, 0) is 9.47 Å². The summed E-state index contributed by atoms with van der Waals surface area (Å²) in [6.07, 6.45) is 0.403. The molecule has 0 saturated carbocycles. The first kappa shape index (κ1) is 14.9. The van der Waals surface area contributed by atoms with Crippen LogP contribution in [0.15, 0.2) is 0 Å². The van der Waals surface area contributed by atoms with E-state index in [1.807, 2.05) is 27.9 Å². The molecule has 0 aromatic heterocycles. The number of rotatable bonds is 6. The van der Waals surface area contributed by atoms with E-state index in [-0.39, 0.29) is 17.8 Å². The molecular weight excluding hydrogens is 190 g/mol. The van der Waals surface area contributed by atoms with Crippen molar-refractivity contribution in [1.82, 2.24) is 4.90 Å². The molecule has 0 saturated heterocycles. The van der Waals surface area contributed by atoms with Crippen molar-refractivity contribution in [3.8, 4) is 0 Å². The Balaban J connectivity index is 4.07. The summed E-state index contributed by atoms with van der Waals surface area (Å²) < 4.78 is 11.5. The van der Waals surface area contributed by atoms with E-state index in [9.17, 15) is 0 Å². The van der Waals surface area contributed by atoms with Crippen LogP contribution in [0.3, 0.4) is 0 Å². The molecule has 0 radical (unpaired) electrons. The van der Waals surface area contributed by atoms with Gasteiger partial charge in [0.05, 0.1) is 24.4 Å². The smallest absolute Gasteiger partial charge is 0.0941 e. The van der Waals surface area contributed by atoms with Gasteiger partial charge in [0.1, 0.15) is 0 Å². The first-order valence-corrected chi connectivity index (χ1v) is 5.65. The van der Waals surface area contributed by atoms with Crippen molar-refractivity contribution in [2.75, 3.05) is 27.2 Å². The summed E-state index contributed by atoms with van der Waals surface area (Å²) in [5, 5.41) is 0. The molecule has 0 aromatic rings. The van der Waals surface area contributed by atoms with Crippen molar-refractivity contribution in [1.29, 1.82) is 0 Å². The molecule has 92 valence electrons. The number of likely N-dealkylation sites (N-methyl/N-ethyl adjacent to an activating group) is 1. The molecule has 0 aliphatic heterocycles. The lowest BCUT2D eigenvalue weighted by atomic mass is 10.2. The van der Waals surface area contributed by atoms with E-state index >= 15 is 0 Å². The lowest BCUT2D eigenvalue weighted by Gasteiger charge is -2.29. The van der Waals surface area contributed by atoms with Gasteiger partial charge in [-0.05, 0) is 48.7 Å². The Hall–Kier alpha value is -0.120. The van der Waals surface area contributed by atoms with Crippen molar-refractivity contribution in [2.45, 2.75) is 52.4 Å². The van der Waals surface area contributed by atoms with E-state index in [2.05, 4.69) is 25.7 Å². The van der Waals surface area contributed by atoms with Gasteiger partial charge in [0.25, 0.3) is 0 Å². The molecule has 3 nitrogen and oxygen atoms in total. The molecule has 1 atom stereocenters. The predicted octanol–water partition coefficient (Wildman–Crippen LogP) is 2.16. The van der Waals surface area contributed by atoms with Crippen molar-refractivity contribution < 1.29 is 9.47 Å². The molecule has 0 fully saturated rings. The molecule has 0 spiro atoms. The normalized spacial score (nSPS) is 15.0. The van der Waals surface area contributed by atoms with Gasteiger partial charge < -0.3 is 14.4 Å². The molecule has 0 rings (SSSR count). The maximum atomic E-state index is 5.93. The van der Waals surface area contributed by atoms with Gasteiger partial charge in [-0.25, -0.2) is 0 Å². The van der Waals surface area contributed by atoms with Gasteiger partial charge in [-0.15, -0.1) is 0 Å². The second-order valence-corrected chi connectivity index (χ2v) is 5.50. The average molecular weight is 217 g/mol. The van der Waals surface area contributed by atoms with Gasteiger partial charge in [0.15, 0.2) is 0 Å². The Morgan fingerprint density at radius 1 is 1.13 bits per heavy atom. The van der Waals surface area contributed by atoms with Gasteiger partial charge in [0.2, 0.25) is 0 Å². The molecule has 0 aliphatic rings. The largest absolute Gasteiger partial charge is 0.376 e. The highest BCUT2D eigenvalue weighted by Gasteiger charge is 2.19. The highest BCUT2D eigenvalue weighted by Crippen LogP contribution is 2.12. The molecule has 0 aliphatic carbocycles.